The fourth-order valence-corrected chi connectivity index (χ4v) is 2.05. The smallest absolute Gasteiger partial charge is 0.308 e. The van der Waals surface area contributed by atoms with Gasteiger partial charge in [0.15, 0.2) is 11.0 Å². The predicted octanol–water partition coefficient (Wildman–Crippen LogP) is 1.29. The van der Waals surface area contributed by atoms with Gasteiger partial charge in [0.05, 0.1) is 5.92 Å². The minimum absolute atomic E-state index is 0.120. The Morgan fingerprint density at radius 2 is 2.25 bits per heavy atom. The molecule has 0 unspecified atom stereocenters. The van der Waals surface area contributed by atoms with Gasteiger partial charge in [-0.2, -0.15) is 0 Å². The van der Waals surface area contributed by atoms with Crippen molar-refractivity contribution in [3.05, 3.63) is 17.3 Å². The van der Waals surface area contributed by atoms with Gasteiger partial charge >= 0.3 is 5.97 Å². The molecular weight excluding hydrogens is 230 g/mol. The van der Waals surface area contributed by atoms with Crippen LogP contribution in [0.15, 0.2) is 12.1 Å². The Hall–Kier alpha value is -1.36. The molecule has 0 amide bonds. The monoisotopic (exact) mass is 241 g/mol. The summed E-state index contributed by atoms with van der Waals surface area (Å²) in [6.07, 6.45) is 0. The number of hydrogen-bond donors (Lipinski definition) is 1. The topological polar surface area (TPSA) is 66.3 Å². The molecule has 1 aromatic rings. The van der Waals surface area contributed by atoms with Crippen LogP contribution >= 0.6 is 11.6 Å². The van der Waals surface area contributed by atoms with Crippen LogP contribution in [0.2, 0.25) is 5.15 Å². The molecular formula is C10H12ClN3O2. The maximum Gasteiger partial charge on any atom is 0.308 e. The van der Waals surface area contributed by atoms with E-state index in [0.29, 0.717) is 24.1 Å². The van der Waals surface area contributed by atoms with E-state index in [1.807, 2.05) is 11.8 Å². The summed E-state index contributed by atoms with van der Waals surface area (Å²) >= 11 is 5.64. The molecule has 0 aromatic carbocycles. The number of rotatable bonds is 2. The maximum absolute atomic E-state index is 11.0. The Labute approximate surface area is 98.0 Å². The van der Waals surface area contributed by atoms with Crippen LogP contribution in [0.1, 0.15) is 6.92 Å². The zero-order chi connectivity index (χ0) is 11.7. The lowest BCUT2D eigenvalue weighted by molar-refractivity contribution is -0.142. The van der Waals surface area contributed by atoms with Crippen molar-refractivity contribution in [2.24, 2.45) is 11.8 Å². The lowest BCUT2D eigenvalue weighted by Crippen LogP contribution is -2.23. The molecule has 2 atom stereocenters. The molecule has 6 heteroatoms. The van der Waals surface area contributed by atoms with Crippen molar-refractivity contribution in [2.75, 3.05) is 18.0 Å². The standard InChI is InChI=1S/C10H12ClN3O2/c1-6-4-14(5-7(6)10(15)16)9-3-2-8(11)12-13-9/h2-3,6-7H,4-5H2,1H3,(H,15,16)/t6-,7-/m1/s1. The van der Waals surface area contributed by atoms with E-state index in [1.165, 1.54) is 0 Å². The van der Waals surface area contributed by atoms with E-state index in [0.717, 1.165) is 0 Å². The summed E-state index contributed by atoms with van der Waals surface area (Å²) in [4.78, 5) is 12.9. The highest BCUT2D eigenvalue weighted by Crippen LogP contribution is 2.26. The third-order valence-electron chi connectivity index (χ3n) is 2.87. The lowest BCUT2D eigenvalue weighted by atomic mass is 9.99. The van der Waals surface area contributed by atoms with E-state index in [1.54, 1.807) is 12.1 Å². The van der Waals surface area contributed by atoms with Crippen LogP contribution in [-0.2, 0) is 4.79 Å². The first-order valence-corrected chi connectivity index (χ1v) is 5.42. The van der Waals surface area contributed by atoms with Crippen molar-refractivity contribution >= 4 is 23.4 Å². The summed E-state index contributed by atoms with van der Waals surface area (Å²) < 4.78 is 0. The number of carbonyl (C=O) groups is 1. The molecule has 1 aliphatic heterocycles. The molecule has 0 radical (unpaired) electrons. The van der Waals surface area contributed by atoms with Crippen LogP contribution in [0.5, 0.6) is 0 Å². The lowest BCUT2D eigenvalue weighted by Gasteiger charge is -2.15. The summed E-state index contributed by atoms with van der Waals surface area (Å²) in [5.74, 6) is -0.288. The van der Waals surface area contributed by atoms with Crippen LogP contribution in [0, 0.1) is 11.8 Å². The quantitative estimate of drug-likeness (QED) is 0.845. The third-order valence-corrected chi connectivity index (χ3v) is 3.07. The number of aromatic nitrogens is 2. The molecule has 1 aromatic heterocycles. The predicted molar refractivity (Wildman–Crippen MR) is 59.5 cm³/mol. The van der Waals surface area contributed by atoms with Gasteiger partial charge in [-0.15, -0.1) is 10.2 Å². The second kappa shape index (κ2) is 4.25. The first kappa shape index (κ1) is 11.1. The molecule has 0 saturated carbocycles. The van der Waals surface area contributed by atoms with Crippen LogP contribution in [0.3, 0.4) is 0 Å². The molecule has 2 rings (SSSR count). The Bertz CT molecular complexity index is 396. The highest BCUT2D eigenvalue weighted by Gasteiger charge is 2.35. The summed E-state index contributed by atoms with van der Waals surface area (Å²) in [6, 6.07) is 3.41. The molecule has 1 N–H and O–H groups in total. The van der Waals surface area contributed by atoms with Crippen LogP contribution in [-0.4, -0.2) is 34.4 Å². The Kier molecular flexibility index (Phi) is 2.96. The molecule has 1 aliphatic rings. The van der Waals surface area contributed by atoms with Gasteiger partial charge in [0.25, 0.3) is 0 Å². The largest absolute Gasteiger partial charge is 0.481 e. The molecule has 0 bridgehead atoms. The minimum Gasteiger partial charge on any atom is -0.481 e. The van der Waals surface area contributed by atoms with Crippen LogP contribution in [0.4, 0.5) is 5.82 Å². The van der Waals surface area contributed by atoms with E-state index < -0.39 is 5.97 Å². The summed E-state index contributed by atoms with van der Waals surface area (Å²) in [6.45, 7) is 3.10. The Morgan fingerprint density at radius 3 is 2.75 bits per heavy atom. The van der Waals surface area contributed by atoms with Crippen LogP contribution in [0.25, 0.3) is 0 Å². The SMILES string of the molecule is C[C@@H]1CN(c2ccc(Cl)nn2)C[C@H]1C(=O)O. The third kappa shape index (κ3) is 2.09. The molecule has 86 valence electrons. The van der Waals surface area contributed by atoms with Crippen LogP contribution < -0.4 is 4.90 Å². The highest BCUT2D eigenvalue weighted by molar-refractivity contribution is 6.29. The first-order chi connectivity index (χ1) is 7.58. The van der Waals surface area contributed by atoms with Crippen molar-refractivity contribution in [3.63, 3.8) is 0 Å². The molecule has 0 aliphatic carbocycles. The van der Waals surface area contributed by atoms with Crippen molar-refractivity contribution in [2.45, 2.75) is 6.92 Å². The first-order valence-electron chi connectivity index (χ1n) is 5.05. The number of hydrogen-bond acceptors (Lipinski definition) is 4. The molecule has 2 heterocycles. The van der Waals surface area contributed by atoms with Gasteiger partial charge in [-0.1, -0.05) is 18.5 Å². The van der Waals surface area contributed by atoms with Crippen molar-refractivity contribution < 1.29 is 9.90 Å². The number of carboxylic acid groups (broad SMARTS) is 1. The molecule has 16 heavy (non-hydrogen) atoms. The average Bonchev–Trinajstić information content (AvgIpc) is 2.61. The van der Waals surface area contributed by atoms with E-state index in [4.69, 9.17) is 16.7 Å². The van der Waals surface area contributed by atoms with Crippen molar-refractivity contribution in [1.82, 2.24) is 10.2 Å². The van der Waals surface area contributed by atoms with E-state index in [9.17, 15) is 4.79 Å². The fourth-order valence-electron chi connectivity index (χ4n) is 1.95. The second-order valence-electron chi connectivity index (χ2n) is 4.04. The second-order valence-corrected chi connectivity index (χ2v) is 4.43. The number of nitrogens with zero attached hydrogens (tertiary/aromatic N) is 3. The average molecular weight is 242 g/mol. The highest BCUT2D eigenvalue weighted by atomic mass is 35.5. The molecule has 1 saturated heterocycles. The molecule has 1 fully saturated rings. The number of anilines is 1. The van der Waals surface area contributed by atoms with Gasteiger partial charge in [-0.3, -0.25) is 4.79 Å². The Morgan fingerprint density at radius 1 is 1.50 bits per heavy atom. The normalized spacial score (nSPS) is 24.8. The number of carboxylic acids is 1. The van der Waals surface area contributed by atoms with E-state index in [2.05, 4.69) is 10.2 Å². The number of aliphatic carboxylic acids is 1. The van der Waals surface area contributed by atoms with Gasteiger partial charge in [-0.25, -0.2) is 0 Å². The zero-order valence-electron chi connectivity index (χ0n) is 8.80. The van der Waals surface area contributed by atoms with Gasteiger partial charge in [0, 0.05) is 13.1 Å². The van der Waals surface area contributed by atoms with Crippen molar-refractivity contribution in [1.29, 1.82) is 0 Å². The minimum atomic E-state index is -0.753. The van der Waals surface area contributed by atoms with E-state index in [-0.39, 0.29) is 11.8 Å². The van der Waals surface area contributed by atoms with Gasteiger partial charge in [0.1, 0.15) is 0 Å². The molecule has 5 nitrogen and oxygen atoms in total. The maximum atomic E-state index is 11.0. The van der Waals surface area contributed by atoms with Crippen molar-refractivity contribution in [3.8, 4) is 0 Å². The zero-order valence-corrected chi connectivity index (χ0v) is 9.55. The molecule has 0 spiro atoms. The summed E-state index contributed by atoms with van der Waals surface area (Å²) in [7, 11) is 0. The summed E-state index contributed by atoms with van der Waals surface area (Å²) in [5.41, 5.74) is 0. The fraction of sp³-hybridized carbons (Fsp3) is 0.500. The summed E-state index contributed by atoms with van der Waals surface area (Å²) in [5, 5.41) is 17.0. The van der Waals surface area contributed by atoms with Gasteiger partial charge in [-0.05, 0) is 18.1 Å². The van der Waals surface area contributed by atoms with Gasteiger partial charge in [0.2, 0.25) is 0 Å². The number of halogens is 1. The van der Waals surface area contributed by atoms with Gasteiger partial charge < -0.3 is 10.0 Å². The van der Waals surface area contributed by atoms with E-state index >= 15 is 0 Å². The Balaban J connectivity index is 2.13.